The standard InChI is InChI=1S/C7H16N2O4S/c1-7(2,6(10)11)5-8-14(12,13)9(3)4/h8H,5H2,1-4H3,(H,10,11). The van der Waals surface area contributed by atoms with Crippen molar-refractivity contribution in [1.82, 2.24) is 9.03 Å². The third kappa shape index (κ3) is 3.60. The highest BCUT2D eigenvalue weighted by molar-refractivity contribution is 7.87. The molecule has 0 spiro atoms. The van der Waals surface area contributed by atoms with Gasteiger partial charge in [0.1, 0.15) is 0 Å². The number of rotatable bonds is 5. The van der Waals surface area contributed by atoms with Crippen LogP contribution in [0, 0.1) is 5.41 Å². The van der Waals surface area contributed by atoms with Crippen molar-refractivity contribution in [3.05, 3.63) is 0 Å². The molecule has 84 valence electrons. The molecule has 0 saturated heterocycles. The minimum Gasteiger partial charge on any atom is -0.481 e. The van der Waals surface area contributed by atoms with Gasteiger partial charge in [-0.3, -0.25) is 4.79 Å². The number of carbonyl (C=O) groups is 1. The van der Waals surface area contributed by atoms with E-state index in [2.05, 4.69) is 4.72 Å². The second-order valence-electron chi connectivity index (χ2n) is 3.80. The highest BCUT2D eigenvalue weighted by Crippen LogP contribution is 2.13. The van der Waals surface area contributed by atoms with Crippen molar-refractivity contribution in [1.29, 1.82) is 0 Å². The fourth-order valence-electron chi connectivity index (χ4n) is 0.476. The smallest absolute Gasteiger partial charge is 0.310 e. The molecule has 0 bridgehead atoms. The number of nitrogens with zero attached hydrogens (tertiary/aromatic N) is 1. The van der Waals surface area contributed by atoms with Gasteiger partial charge in [-0.2, -0.15) is 12.7 Å². The van der Waals surface area contributed by atoms with Crippen LogP contribution < -0.4 is 4.72 Å². The van der Waals surface area contributed by atoms with E-state index >= 15 is 0 Å². The Labute approximate surface area is 84.1 Å². The maximum Gasteiger partial charge on any atom is 0.310 e. The van der Waals surface area contributed by atoms with Crippen molar-refractivity contribution in [2.75, 3.05) is 20.6 Å². The first-order valence-electron chi connectivity index (χ1n) is 4.00. The summed E-state index contributed by atoms with van der Waals surface area (Å²) in [6, 6.07) is 0. The Kier molecular flexibility index (Phi) is 4.04. The van der Waals surface area contributed by atoms with Crippen molar-refractivity contribution in [3.63, 3.8) is 0 Å². The fourth-order valence-corrected chi connectivity index (χ4v) is 1.28. The minimum absolute atomic E-state index is 0.136. The SMILES string of the molecule is CN(C)S(=O)(=O)NCC(C)(C)C(=O)O. The highest BCUT2D eigenvalue weighted by atomic mass is 32.2. The van der Waals surface area contributed by atoms with Crippen LogP contribution in [0.3, 0.4) is 0 Å². The molecule has 2 N–H and O–H groups in total. The van der Waals surface area contributed by atoms with Crippen LogP contribution in [0.2, 0.25) is 0 Å². The summed E-state index contributed by atoms with van der Waals surface area (Å²) < 4.78 is 25.6. The van der Waals surface area contributed by atoms with E-state index in [0.717, 1.165) is 4.31 Å². The molecule has 0 fully saturated rings. The monoisotopic (exact) mass is 224 g/mol. The molecule has 0 aliphatic heterocycles. The van der Waals surface area contributed by atoms with Gasteiger partial charge in [0.2, 0.25) is 0 Å². The van der Waals surface area contributed by atoms with Crippen molar-refractivity contribution in [3.8, 4) is 0 Å². The molecule has 0 aromatic carbocycles. The molecule has 0 aliphatic carbocycles. The van der Waals surface area contributed by atoms with E-state index in [0.29, 0.717) is 0 Å². The van der Waals surface area contributed by atoms with Crippen LogP contribution in [0.25, 0.3) is 0 Å². The minimum atomic E-state index is -3.54. The number of aliphatic carboxylic acids is 1. The third-order valence-electron chi connectivity index (χ3n) is 1.76. The molecule has 0 aliphatic rings. The van der Waals surface area contributed by atoms with Gasteiger partial charge >= 0.3 is 5.97 Å². The quantitative estimate of drug-likeness (QED) is 0.658. The molecule has 7 heteroatoms. The topological polar surface area (TPSA) is 86.7 Å². The van der Waals surface area contributed by atoms with Crippen molar-refractivity contribution < 1.29 is 18.3 Å². The normalized spacial score (nSPS) is 13.2. The summed E-state index contributed by atoms with van der Waals surface area (Å²) in [5.74, 6) is -1.04. The van der Waals surface area contributed by atoms with Crippen LogP contribution in [0.4, 0.5) is 0 Å². The lowest BCUT2D eigenvalue weighted by atomic mass is 9.95. The van der Waals surface area contributed by atoms with Crippen LogP contribution in [0.15, 0.2) is 0 Å². The lowest BCUT2D eigenvalue weighted by molar-refractivity contribution is -0.146. The fraction of sp³-hybridized carbons (Fsp3) is 0.857. The van der Waals surface area contributed by atoms with E-state index in [4.69, 9.17) is 5.11 Å². The summed E-state index contributed by atoms with van der Waals surface area (Å²) in [4.78, 5) is 10.7. The number of hydrogen-bond acceptors (Lipinski definition) is 3. The zero-order chi connectivity index (χ0) is 11.6. The van der Waals surface area contributed by atoms with Crippen molar-refractivity contribution >= 4 is 16.2 Å². The van der Waals surface area contributed by atoms with E-state index in [1.54, 1.807) is 0 Å². The lowest BCUT2D eigenvalue weighted by Crippen LogP contribution is -2.43. The first-order chi connectivity index (χ1) is 6.09. The average Bonchev–Trinajstić information content (AvgIpc) is 2.01. The van der Waals surface area contributed by atoms with E-state index < -0.39 is 21.6 Å². The van der Waals surface area contributed by atoms with E-state index in [1.807, 2.05) is 0 Å². The molecule has 0 radical (unpaired) electrons. The van der Waals surface area contributed by atoms with Gasteiger partial charge in [0.25, 0.3) is 10.2 Å². The number of carboxylic acid groups (broad SMARTS) is 1. The Balaban J connectivity index is 4.41. The first-order valence-corrected chi connectivity index (χ1v) is 5.44. The van der Waals surface area contributed by atoms with Crippen LogP contribution >= 0.6 is 0 Å². The van der Waals surface area contributed by atoms with Crippen LogP contribution in [-0.4, -0.2) is 44.4 Å². The second-order valence-corrected chi connectivity index (χ2v) is 5.77. The molecule has 0 saturated carbocycles. The highest BCUT2D eigenvalue weighted by Gasteiger charge is 2.29. The molecule has 0 amide bonds. The van der Waals surface area contributed by atoms with Gasteiger partial charge in [0.15, 0.2) is 0 Å². The predicted molar refractivity (Wildman–Crippen MR) is 52.0 cm³/mol. The third-order valence-corrected chi connectivity index (χ3v) is 3.23. The lowest BCUT2D eigenvalue weighted by Gasteiger charge is -2.21. The molecule has 0 atom stereocenters. The van der Waals surface area contributed by atoms with Gasteiger partial charge in [-0.15, -0.1) is 0 Å². The Morgan fingerprint density at radius 1 is 1.43 bits per heavy atom. The van der Waals surface area contributed by atoms with E-state index in [-0.39, 0.29) is 6.54 Å². The Morgan fingerprint density at radius 3 is 2.14 bits per heavy atom. The Bertz CT molecular complexity index is 308. The van der Waals surface area contributed by atoms with Crippen LogP contribution in [0.1, 0.15) is 13.8 Å². The molecule has 6 nitrogen and oxygen atoms in total. The van der Waals surface area contributed by atoms with E-state index in [1.165, 1.54) is 27.9 Å². The van der Waals surface area contributed by atoms with Gasteiger partial charge in [0.05, 0.1) is 5.41 Å². The van der Waals surface area contributed by atoms with Gasteiger partial charge < -0.3 is 5.11 Å². The van der Waals surface area contributed by atoms with Crippen molar-refractivity contribution in [2.24, 2.45) is 5.41 Å². The summed E-state index contributed by atoms with van der Waals surface area (Å²) in [7, 11) is -0.803. The summed E-state index contributed by atoms with van der Waals surface area (Å²) in [5.41, 5.74) is -1.11. The maximum atomic E-state index is 11.2. The molecule has 0 rings (SSSR count). The molecule has 0 aromatic heterocycles. The summed E-state index contributed by atoms with van der Waals surface area (Å²) >= 11 is 0. The Morgan fingerprint density at radius 2 is 1.86 bits per heavy atom. The maximum absolute atomic E-state index is 11.2. The molecule has 0 heterocycles. The summed E-state index contributed by atoms with van der Waals surface area (Å²) in [5, 5.41) is 8.73. The molecule has 0 aromatic rings. The van der Waals surface area contributed by atoms with Gasteiger partial charge in [0, 0.05) is 20.6 Å². The number of carboxylic acids is 1. The largest absolute Gasteiger partial charge is 0.481 e. The number of nitrogens with one attached hydrogen (secondary N) is 1. The molecule has 0 unspecified atom stereocenters. The van der Waals surface area contributed by atoms with Crippen LogP contribution in [0.5, 0.6) is 0 Å². The van der Waals surface area contributed by atoms with Crippen LogP contribution in [-0.2, 0) is 15.0 Å². The van der Waals surface area contributed by atoms with Gasteiger partial charge in [-0.1, -0.05) is 0 Å². The van der Waals surface area contributed by atoms with Gasteiger partial charge in [-0.05, 0) is 13.8 Å². The van der Waals surface area contributed by atoms with E-state index in [9.17, 15) is 13.2 Å². The zero-order valence-electron chi connectivity index (χ0n) is 8.73. The first kappa shape index (κ1) is 13.3. The van der Waals surface area contributed by atoms with Gasteiger partial charge in [-0.25, -0.2) is 4.72 Å². The van der Waals surface area contributed by atoms with Crippen molar-refractivity contribution in [2.45, 2.75) is 13.8 Å². The predicted octanol–water partition coefficient (Wildman–Crippen LogP) is -0.507. The molecular weight excluding hydrogens is 208 g/mol. The molecule has 14 heavy (non-hydrogen) atoms. The molecular formula is C7H16N2O4S. The summed E-state index contributed by atoms with van der Waals surface area (Å²) in [6.45, 7) is 2.77. The summed E-state index contributed by atoms with van der Waals surface area (Å²) in [6.07, 6.45) is 0. The zero-order valence-corrected chi connectivity index (χ0v) is 9.55. The average molecular weight is 224 g/mol. The Hall–Kier alpha value is -0.660. The second kappa shape index (κ2) is 4.24. The number of hydrogen-bond donors (Lipinski definition) is 2.